The molecule has 0 spiro atoms. The van der Waals surface area contributed by atoms with Gasteiger partial charge in [0.05, 0.1) is 9.88 Å². The number of carboxylic acid groups (broad SMARTS) is 1. The Labute approximate surface area is 154 Å². The van der Waals surface area contributed by atoms with Gasteiger partial charge in [0.25, 0.3) is 11.8 Å². The van der Waals surface area contributed by atoms with Gasteiger partial charge in [0.2, 0.25) is 0 Å². The molecule has 0 saturated carbocycles. The molecule has 0 radical (unpaired) electrons. The van der Waals surface area contributed by atoms with E-state index in [1.54, 1.807) is 19.9 Å². The van der Waals surface area contributed by atoms with E-state index in [4.69, 9.17) is 0 Å². The number of aryl methyl sites for hydroxylation is 1. The Hall–Kier alpha value is -2.74. The molecule has 1 heterocycles. The number of hydrogen-bond donors (Lipinski definition) is 3. The third kappa shape index (κ3) is 4.26. The summed E-state index contributed by atoms with van der Waals surface area (Å²) in [4.78, 5) is 36.2. The van der Waals surface area contributed by atoms with Crippen LogP contribution in [0.25, 0.3) is 0 Å². The molecule has 0 aliphatic heterocycles. The van der Waals surface area contributed by atoms with Crippen LogP contribution in [0.1, 0.15) is 45.9 Å². The van der Waals surface area contributed by atoms with Gasteiger partial charge in [-0.2, -0.15) is 0 Å². The molecule has 1 atom stereocenters. The molecule has 0 saturated heterocycles. The standard InChI is InChI=1S/C18H19FN2O4S/c1-4-18(3,17(24)25)21-16(23)14-10(2)8-13(26-14)20-15(22)11-6-5-7-12(19)9-11/h5-9H,4H2,1-3H3,(H,20,22)(H,21,23)(H,24,25). The van der Waals surface area contributed by atoms with Gasteiger partial charge in [-0.25, -0.2) is 9.18 Å². The first-order valence-electron chi connectivity index (χ1n) is 7.89. The van der Waals surface area contributed by atoms with Crippen LogP contribution < -0.4 is 10.6 Å². The number of amides is 2. The van der Waals surface area contributed by atoms with Crippen LogP contribution in [0, 0.1) is 12.7 Å². The summed E-state index contributed by atoms with van der Waals surface area (Å²) in [7, 11) is 0. The summed E-state index contributed by atoms with van der Waals surface area (Å²) in [5.74, 6) is -2.66. The van der Waals surface area contributed by atoms with Crippen molar-refractivity contribution in [2.75, 3.05) is 5.32 Å². The van der Waals surface area contributed by atoms with Crippen molar-refractivity contribution in [3.05, 3.63) is 52.2 Å². The first-order chi connectivity index (χ1) is 12.2. The van der Waals surface area contributed by atoms with Crippen molar-refractivity contribution < 1.29 is 23.9 Å². The molecule has 6 nitrogen and oxygen atoms in total. The van der Waals surface area contributed by atoms with Crippen LogP contribution in [0.2, 0.25) is 0 Å². The molecule has 138 valence electrons. The van der Waals surface area contributed by atoms with Crippen molar-refractivity contribution in [2.45, 2.75) is 32.7 Å². The van der Waals surface area contributed by atoms with Crippen molar-refractivity contribution in [3.63, 3.8) is 0 Å². The van der Waals surface area contributed by atoms with E-state index in [2.05, 4.69) is 10.6 Å². The number of carbonyl (C=O) groups is 3. The average Bonchev–Trinajstić information content (AvgIpc) is 2.94. The zero-order valence-electron chi connectivity index (χ0n) is 14.6. The van der Waals surface area contributed by atoms with Gasteiger partial charge >= 0.3 is 5.97 Å². The lowest BCUT2D eigenvalue weighted by Crippen LogP contribution is -2.51. The fraction of sp³-hybridized carbons (Fsp3) is 0.278. The van der Waals surface area contributed by atoms with Crippen LogP contribution >= 0.6 is 11.3 Å². The highest BCUT2D eigenvalue weighted by atomic mass is 32.1. The highest BCUT2D eigenvalue weighted by molar-refractivity contribution is 7.18. The van der Waals surface area contributed by atoms with E-state index in [1.165, 1.54) is 25.1 Å². The average molecular weight is 378 g/mol. The van der Waals surface area contributed by atoms with E-state index in [0.717, 1.165) is 17.4 Å². The minimum absolute atomic E-state index is 0.159. The van der Waals surface area contributed by atoms with Crippen molar-refractivity contribution in [3.8, 4) is 0 Å². The van der Waals surface area contributed by atoms with Crippen LogP contribution in [-0.4, -0.2) is 28.4 Å². The minimum Gasteiger partial charge on any atom is -0.480 e. The van der Waals surface area contributed by atoms with Crippen LogP contribution in [-0.2, 0) is 4.79 Å². The van der Waals surface area contributed by atoms with E-state index in [1.807, 2.05) is 0 Å². The topological polar surface area (TPSA) is 95.5 Å². The second-order valence-electron chi connectivity index (χ2n) is 6.03. The van der Waals surface area contributed by atoms with Crippen molar-refractivity contribution >= 4 is 34.1 Å². The van der Waals surface area contributed by atoms with Crippen LogP contribution in [0.4, 0.5) is 9.39 Å². The molecule has 2 amide bonds. The first-order valence-corrected chi connectivity index (χ1v) is 8.71. The Morgan fingerprint density at radius 2 is 1.92 bits per heavy atom. The third-order valence-corrected chi connectivity index (χ3v) is 5.17. The number of nitrogens with one attached hydrogen (secondary N) is 2. The summed E-state index contributed by atoms with van der Waals surface area (Å²) >= 11 is 1.03. The highest BCUT2D eigenvalue weighted by Crippen LogP contribution is 2.28. The fourth-order valence-electron chi connectivity index (χ4n) is 2.18. The second-order valence-corrected chi connectivity index (χ2v) is 7.08. The van der Waals surface area contributed by atoms with Crippen molar-refractivity contribution in [1.29, 1.82) is 0 Å². The lowest BCUT2D eigenvalue weighted by Gasteiger charge is -2.24. The minimum atomic E-state index is -1.38. The monoisotopic (exact) mass is 378 g/mol. The molecule has 1 unspecified atom stereocenters. The number of carbonyl (C=O) groups excluding carboxylic acids is 2. The maximum Gasteiger partial charge on any atom is 0.329 e. The number of thiophene rings is 1. The Morgan fingerprint density at radius 1 is 1.23 bits per heavy atom. The molecule has 0 aliphatic carbocycles. The maximum absolute atomic E-state index is 13.2. The zero-order chi connectivity index (χ0) is 19.5. The van der Waals surface area contributed by atoms with Gasteiger partial charge in [-0.1, -0.05) is 13.0 Å². The number of anilines is 1. The highest BCUT2D eigenvalue weighted by Gasteiger charge is 2.33. The molecule has 1 aromatic heterocycles. The Balaban J connectivity index is 2.17. The summed E-state index contributed by atoms with van der Waals surface area (Å²) < 4.78 is 13.2. The van der Waals surface area contributed by atoms with Crippen molar-refractivity contribution in [1.82, 2.24) is 5.32 Å². The molecular weight excluding hydrogens is 359 g/mol. The molecule has 2 rings (SSSR count). The van der Waals surface area contributed by atoms with Gasteiger partial charge in [0.15, 0.2) is 0 Å². The lowest BCUT2D eigenvalue weighted by atomic mass is 9.99. The van der Waals surface area contributed by atoms with Crippen molar-refractivity contribution in [2.24, 2.45) is 0 Å². The number of rotatable bonds is 6. The summed E-state index contributed by atoms with van der Waals surface area (Å²) in [6.45, 7) is 4.79. The molecular formula is C18H19FN2O4S. The smallest absolute Gasteiger partial charge is 0.329 e. The second kappa shape index (κ2) is 7.65. The first kappa shape index (κ1) is 19.6. The Bertz CT molecular complexity index is 865. The third-order valence-electron chi connectivity index (χ3n) is 4.02. The normalized spacial score (nSPS) is 12.9. The molecule has 2 aromatic rings. The van der Waals surface area contributed by atoms with Gasteiger partial charge in [-0.15, -0.1) is 11.3 Å². The van der Waals surface area contributed by atoms with Gasteiger partial charge in [0, 0.05) is 5.56 Å². The van der Waals surface area contributed by atoms with Gasteiger partial charge in [-0.3, -0.25) is 9.59 Å². The van der Waals surface area contributed by atoms with E-state index >= 15 is 0 Å². The number of hydrogen-bond acceptors (Lipinski definition) is 4. The van der Waals surface area contributed by atoms with E-state index in [9.17, 15) is 23.9 Å². The van der Waals surface area contributed by atoms with Crippen LogP contribution in [0.15, 0.2) is 30.3 Å². The SMILES string of the molecule is CCC(C)(NC(=O)c1sc(NC(=O)c2cccc(F)c2)cc1C)C(=O)O. The molecule has 26 heavy (non-hydrogen) atoms. The van der Waals surface area contributed by atoms with E-state index in [0.29, 0.717) is 15.4 Å². The van der Waals surface area contributed by atoms with Gasteiger partial charge in [0.1, 0.15) is 11.4 Å². The van der Waals surface area contributed by atoms with Crippen LogP contribution in [0.3, 0.4) is 0 Å². The number of halogens is 1. The Morgan fingerprint density at radius 3 is 2.50 bits per heavy atom. The maximum atomic E-state index is 13.2. The summed E-state index contributed by atoms with van der Waals surface area (Å²) in [6.07, 6.45) is 0.224. The van der Waals surface area contributed by atoms with E-state index in [-0.39, 0.29) is 12.0 Å². The summed E-state index contributed by atoms with van der Waals surface area (Å²) in [5.41, 5.74) is -0.615. The molecule has 1 aromatic carbocycles. The molecule has 0 aliphatic rings. The number of aliphatic carboxylic acids is 1. The predicted molar refractivity (Wildman–Crippen MR) is 97.2 cm³/mol. The number of benzene rings is 1. The van der Waals surface area contributed by atoms with Gasteiger partial charge < -0.3 is 15.7 Å². The Kier molecular flexibility index (Phi) is 5.76. The quantitative estimate of drug-likeness (QED) is 0.718. The molecule has 0 bridgehead atoms. The fourth-order valence-corrected chi connectivity index (χ4v) is 3.15. The zero-order valence-corrected chi connectivity index (χ0v) is 15.4. The van der Waals surface area contributed by atoms with E-state index < -0.39 is 29.1 Å². The lowest BCUT2D eigenvalue weighted by molar-refractivity contribution is -0.143. The van der Waals surface area contributed by atoms with Gasteiger partial charge in [-0.05, 0) is 50.1 Å². The van der Waals surface area contributed by atoms with Crippen LogP contribution in [0.5, 0.6) is 0 Å². The predicted octanol–water partition coefficient (Wildman–Crippen LogP) is 3.43. The summed E-state index contributed by atoms with van der Waals surface area (Å²) in [6, 6.07) is 6.87. The largest absolute Gasteiger partial charge is 0.480 e. The summed E-state index contributed by atoms with van der Waals surface area (Å²) in [5, 5.41) is 14.8. The molecule has 3 N–H and O–H groups in total. The number of carboxylic acids is 1. The molecule has 0 fully saturated rings. The molecule has 8 heteroatoms.